The average Bonchev–Trinajstić information content (AvgIpc) is 2.71. The normalized spacial score (nSPS) is 13.1. The lowest BCUT2D eigenvalue weighted by atomic mass is 10.0. The maximum Gasteiger partial charge on any atom is 0.253 e. The van der Waals surface area contributed by atoms with E-state index in [1.54, 1.807) is 19.2 Å². The Kier molecular flexibility index (Phi) is 9.16. The molecule has 0 bridgehead atoms. The largest absolute Gasteiger partial charge is 0.496 e. The third-order valence-electron chi connectivity index (χ3n) is 5.00. The molecular formula is C23H29Cl2N3O3. The Bertz CT molecular complexity index is 919. The Morgan fingerprint density at radius 1 is 1.10 bits per heavy atom. The highest BCUT2D eigenvalue weighted by Gasteiger charge is 2.27. The van der Waals surface area contributed by atoms with E-state index >= 15 is 0 Å². The fourth-order valence-corrected chi connectivity index (χ4v) is 3.74. The third-order valence-corrected chi connectivity index (χ3v) is 5.55. The van der Waals surface area contributed by atoms with Gasteiger partial charge in [-0.25, -0.2) is 0 Å². The standard InChI is InChI=1S/C23H29Cl2N3O3/c1-14(2)21(27-22(29)16-11-10-15(24)12-18(16)25)23(30)26-13-19(28(3)4)17-8-6-7-9-20(17)31-5/h6-12,14,19,21H,13H2,1-5H3,(H,26,30)(H,27,29)/t19-,21+/m1/s1. The predicted octanol–water partition coefficient (Wildman–Crippen LogP) is 4.18. The molecule has 168 valence electrons. The van der Waals surface area contributed by atoms with Crippen LogP contribution in [0.15, 0.2) is 42.5 Å². The number of nitrogens with zero attached hydrogens (tertiary/aromatic N) is 1. The highest BCUT2D eigenvalue weighted by atomic mass is 35.5. The molecule has 0 heterocycles. The predicted molar refractivity (Wildman–Crippen MR) is 125 cm³/mol. The first-order valence-corrected chi connectivity index (χ1v) is 10.7. The molecule has 0 saturated heterocycles. The van der Waals surface area contributed by atoms with Crippen molar-refractivity contribution in [2.75, 3.05) is 27.7 Å². The van der Waals surface area contributed by atoms with E-state index in [4.69, 9.17) is 27.9 Å². The molecule has 0 aliphatic heterocycles. The van der Waals surface area contributed by atoms with Crippen LogP contribution in [-0.4, -0.2) is 50.5 Å². The second-order valence-corrected chi connectivity index (χ2v) is 8.63. The van der Waals surface area contributed by atoms with Crippen LogP contribution in [0.1, 0.15) is 35.8 Å². The topological polar surface area (TPSA) is 70.7 Å². The summed E-state index contributed by atoms with van der Waals surface area (Å²) in [6, 6.07) is 11.5. The lowest BCUT2D eigenvalue weighted by Gasteiger charge is -2.28. The summed E-state index contributed by atoms with van der Waals surface area (Å²) in [6.07, 6.45) is 0. The molecule has 2 aromatic rings. The number of benzene rings is 2. The van der Waals surface area contributed by atoms with Crippen LogP contribution in [0, 0.1) is 5.92 Å². The molecule has 0 spiro atoms. The smallest absolute Gasteiger partial charge is 0.253 e. The average molecular weight is 466 g/mol. The Hall–Kier alpha value is -2.28. The third kappa shape index (κ3) is 6.60. The Labute approximate surface area is 193 Å². The van der Waals surface area contributed by atoms with Crippen molar-refractivity contribution in [1.29, 1.82) is 0 Å². The molecule has 0 saturated carbocycles. The van der Waals surface area contributed by atoms with E-state index in [9.17, 15) is 9.59 Å². The van der Waals surface area contributed by atoms with Crippen LogP contribution in [0.25, 0.3) is 0 Å². The summed E-state index contributed by atoms with van der Waals surface area (Å²) < 4.78 is 5.47. The molecule has 6 nitrogen and oxygen atoms in total. The van der Waals surface area contributed by atoms with E-state index in [1.165, 1.54) is 6.07 Å². The molecule has 2 N–H and O–H groups in total. The number of carbonyl (C=O) groups is 2. The number of ether oxygens (including phenoxy) is 1. The molecule has 0 aromatic heterocycles. The van der Waals surface area contributed by atoms with Gasteiger partial charge in [0.2, 0.25) is 5.91 Å². The number of methoxy groups -OCH3 is 1. The van der Waals surface area contributed by atoms with Crippen molar-refractivity contribution in [1.82, 2.24) is 15.5 Å². The molecule has 2 rings (SSSR count). The first-order chi connectivity index (χ1) is 14.6. The fourth-order valence-electron chi connectivity index (χ4n) is 3.25. The Balaban J connectivity index is 2.13. The van der Waals surface area contributed by atoms with Crippen LogP contribution in [0.4, 0.5) is 0 Å². The monoisotopic (exact) mass is 465 g/mol. The van der Waals surface area contributed by atoms with Crippen molar-refractivity contribution >= 4 is 35.0 Å². The van der Waals surface area contributed by atoms with Gasteiger partial charge in [-0.3, -0.25) is 9.59 Å². The van der Waals surface area contributed by atoms with E-state index in [-0.39, 0.29) is 28.5 Å². The van der Waals surface area contributed by atoms with Crippen LogP contribution in [0.3, 0.4) is 0 Å². The SMILES string of the molecule is COc1ccccc1[C@@H](CNC(=O)[C@@H](NC(=O)c1ccc(Cl)cc1Cl)C(C)C)N(C)C. The molecule has 31 heavy (non-hydrogen) atoms. The number of likely N-dealkylation sites (N-methyl/N-ethyl adjacent to an activating group) is 1. The molecule has 2 atom stereocenters. The number of para-hydroxylation sites is 1. The van der Waals surface area contributed by atoms with Gasteiger partial charge in [0.15, 0.2) is 0 Å². The highest BCUT2D eigenvalue weighted by molar-refractivity contribution is 6.36. The second kappa shape index (κ2) is 11.4. The summed E-state index contributed by atoms with van der Waals surface area (Å²) in [5.41, 5.74) is 1.23. The summed E-state index contributed by atoms with van der Waals surface area (Å²) in [5.74, 6) is -0.0692. The molecule has 0 unspecified atom stereocenters. The Morgan fingerprint density at radius 2 is 1.77 bits per heavy atom. The van der Waals surface area contributed by atoms with Crippen LogP contribution in [0.2, 0.25) is 10.0 Å². The highest BCUT2D eigenvalue weighted by Crippen LogP contribution is 2.27. The maximum absolute atomic E-state index is 13.0. The number of nitrogens with one attached hydrogen (secondary N) is 2. The minimum Gasteiger partial charge on any atom is -0.496 e. The lowest BCUT2D eigenvalue weighted by Crippen LogP contribution is -2.51. The first kappa shape index (κ1) is 25.0. The van der Waals surface area contributed by atoms with Gasteiger partial charge in [0.1, 0.15) is 11.8 Å². The van der Waals surface area contributed by atoms with Gasteiger partial charge in [0, 0.05) is 17.1 Å². The number of hydrogen-bond acceptors (Lipinski definition) is 4. The summed E-state index contributed by atoms with van der Waals surface area (Å²) in [6.45, 7) is 4.10. The molecule has 0 radical (unpaired) electrons. The number of carbonyl (C=O) groups excluding carboxylic acids is 2. The molecule has 0 aliphatic rings. The molecule has 2 amide bonds. The van der Waals surface area contributed by atoms with Gasteiger partial charge in [-0.2, -0.15) is 0 Å². The molecule has 0 fully saturated rings. The van der Waals surface area contributed by atoms with Gasteiger partial charge in [0.25, 0.3) is 5.91 Å². The van der Waals surface area contributed by atoms with Crippen molar-refractivity contribution in [3.05, 3.63) is 63.6 Å². The van der Waals surface area contributed by atoms with Crippen LogP contribution in [0.5, 0.6) is 5.75 Å². The summed E-state index contributed by atoms with van der Waals surface area (Å²) in [7, 11) is 5.50. The zero-order valence-electron chi connectivity index (χ0n) is 18.4. The van der Waals surface area contributed by atoms with Crippen molar-refractivity contribution in [3.8, 4) is 5.75 Å². The van der Waals surface area contributed by atoms with Crippen molar-refractivity contribution in [3.63, 3.8) is 0 Å². The summed E-state index contributed by atoms with van der Waals surface area (Å²) in [5, 5.41) is 6.43. The maximum atomic E-state index is 13.0. The zero-order chi connectivity index (χ0) is 23.1. The van der Waals surface area contributed by atoms with Gasteiger partial charge in [-0.05, 0) is 44.3 Å². The number of amides is 2. The quantitative estimate of drug-likeness (QED) is 0.582. The van der Waals surface area contributed by atoms with Crippen LogP contribution < -0.4 is 15.4 Å². The van der Waals surface area contributed by atoms with Crippen LogP contribution in [-0.2, 0) is 4.79 Å². The van der Waals surface area contributed by atoms with Crippen molar-refractivity contribution in [2.45, 2.75) is 25.9 Å². The number of rotatable bonds is 9. The fraction of sp³-hybridized carbons (Fsp3) is 0.391. The zero-order valence-corrected chi connectivity index (χ0v) is 19.9. The van der Waals surface area contributed by atoms with Crippen molar-refractivity contribution in [2.24, 2.45) is 5.92 Å². The van der Waals surface area contributed by atoms with E-state index in [0.29, 0.717) is 11.6 Å². The summed E-state index contributed by atoms with van der Waals surface area (Å²) in [4.78, 5) is 27.7. The van der Waals surface area contributed by atoms with Crippen molar-refractivity contribution < 1.29 is 14.3 Å². The van der Waals surface area contributed by atoms with Gasteiger partial charge >= 0.3 is 0 Å². The van der Waals surface area contributed by atoms with E-state index in [1.807, 2.05) is 57.1 Å². The van der Waals surface area contributed by atoms with Crippen LogP contribution >= 0.6 is 23.2 Å². The van der Waals surface area contributed by atoms with E-state index in [2.05, 4.69) is 10.6 Å². The second-order valence-electron chi connectivity index (χ2n) is 7.79. The summed E-state index contributed by atoms with van der Waals surface area (Å²) >= 11 is 12.0. The molecule has 8 heteroatoms. The number of halogens is 2. The molecule has 2 aromatic carbocycles. The molecule has 0 aliphatic carbocycles. The Morgan fingerprint density at radius 3 is 2.35 bits per heavy atom. The van der Waals surface area contributed by atoms with Gasteiger partial charge in [-0.1, -0.05) is 55.2 Å². The first-order valence-electron chi connectivity index (χ1n) is 9.98. The lowest BCUT2D eigenvalue weighted by molar-refractivity contribution is -0.124. The molecular weight excluding hydrogens is 437 g/mol. The number of hydrogen-bond donors (Lipinski definition) is 2. The van der Waals surface area contributed by atoms with E-state index < -0.39 is 11.9 Å². The minimum absolute atomic E-state index is 0.102. The van der Waals surface area contributed by atoms with Gasteiger partial charge in [0.05, 0.1) is 23.7 Å². The van der Waals surface area contributed by atoms with Gasteiger partial charge in [-0.15, -0.1) is 0 Å². The minimum atomic E-state index is -0.722. The van der Waals surface area contributed by atoms with Gasteiger partial charge < -0.3 is 20.3 Å². The van der Waals surface area contributed by atoms with E-state index in [0.717, 1.165) is 11.3 Å².